The average molecular weight is 284 g/mol. The van der Waals surface area contributed by atoms with Crippen molar-refractivity contribution in [1.29, 1.82) is 0 Å². The van der Waals surface area contributed by atoms with E-state index in [1.165, 1.54) is 12.8 Å². The molecule has 1 saturated carbocycles. The summed E-state index contributed by atoms with van der Waals surface area (Å²) in [5, 5.41) is 6.52. The Morgan fingerprint density at radius 3 is 2.65 bits per heavy atom. The van der Waals surface area contributed by atoms with E-state index < -0.39 is 5.60 Å². The summed E-state index contributed by atoms with van der Waals surface area (Å²) in [6.45, 7) is 7.48. The van der Waals surface area contributed by atoms with Crippen molar-refractivity contribution in [3.63, 3.8) is 0 Å². The molecule has 5 nitrogen and oxygen atoms in total. The second-order valence-electron chi connectivity index (χ2n) is 6.90. The summed E-state index contributed by atoms with van der Waals surface area (Å²) in [6, 6.07) is 0.714. The number of carbonyl (C=O) groups excluding carboxylic acids is 1. The van der Waals surface area contributed by atoms with Crippen molar-refractivity contribution in [1.82, 2.24) is 10.6 Å². The molecule has 5 heteroatoms. The monoisotopic (exact) mass is 284 g/mol. The van der Waals surface area contributed by atoms with Crippen molar-refractivity contribution in [2.75, 3.05) is 13.2 Å². The fourth-order valence-electron chi connectivity index (χ4n) is 2.88. The van der Waals surface area contributed by atoms with Gasteiger partial charge in [-0.3, -0.25) is 0 Å². The number of alkyl carbamates (subject to hydrolysis) is 1. The number of rotatable bonds is 4. The van der Waals surface area contributed by atoms with Gasteiger partial charge in [-0.15, -0.1) is 0 Å². The van der Waals surface area contributed by atoms with Crippen LogP contribution in [0.3, 0.4) is 0 Å². The van der Waals surface area contributed by atoms with Crippen molar-refractivity contribution in [2.24, 2.45) is 0 Å². The molecule has 0 radical (unpaired) electrons. The Hall–Kier alpha value is -0.810. The molecule has 0 aromatic rings. The lowest BCUT2D eigenvalue weighted by atomic mass is 10.2. The van der Waals surface area contributed by atoms with Gasteiger partial charge in [0.15, 0.2) is 0 Å². The maximum absolute atomic E-state index is 11.7. The smallest absolute Gasteiger partial charge is 0.407 e. The van der Waals surface area contributed by atoms with Gasteiger partial charge < -0.3 is 20.1 Å². The molecule has 3 atom stereocenters. The van der Waals surface area contributed by atoms with Crippen LogP contribution in [-0.4, -0.2) is 43.0 Å². The van der Waals surface area contributed by atoms with Gasteiger partial charge in [-0.05, 0) is 52.9 Å². The molecule has 0 spiro atoms. The van der Waals surface area contributed by atoms with Crippen molar-refractivity contribution in [3.05, 3.63) is 0 Å². The summed E-state index contributed by atoms with van der Waals surface area (Å²) in [7, 11) is 0. The zero-order valence-electron chi connectivity index (χ0n) is 12.9. The molecule has 3 unspecified atom stereocenters. The van der Waals surface area contributed by atoms with E-state index in [0.29, 0.717) is 12.1 Å². The lowest BCUT2D eigenvalue weighted by Crippen LogP contribution is -2.39. The van der Waals surface area contributed by atoms with Crippen LogP contribution in [0.25, 0.3) is 0 Å². The van der Waals surface area contributed by atoms with Crippen LogP contribution in [0.15, 0.2) is 0 Å². The van der Waals surface area contributed by atoms with Crippen LogP contribution in [0, 0.1) is 0 Å². The SMILES string of the molecule is CC(C)(C)OC(=O)NC1CCC(NCC2CCCO2)C1. The van der Waals surface area contributed by atoms with Crippen LogP contribution in [0.4, 0.5) is 4.79 Å². The Labute approximate surface area is 121 Å². The molecule has 2 fully saturated rings. The van der Waals surface area contributed by atoms with Crippen LogP contribution in [0.1, 0.15) is 52.9 Å². The molecule has 1 saturated heterocycles. The second kappa shape index (κ2) is 6.76. The van der Waals surface area contributed by atoms with E-state index >= 15 is 0 Å². The van der Waals surface area contributed by atoms with Gasteiger partial charge in [-0.1, -0.05) is 0 Å². The highest BCUT2D eigenvalue weighted by Gasteiger charge is 2.28. The maximum Gasteiger partial charge on any atom is 0.407 e. The van der Waals surface area contributed by atoms with Gasteiger partial charge in [-0.2, -0.15) is 0 Å². The minimum absolute atomic E-state index is 0.229. The third-order valence-electron chi connectivity index (χ3n) is 3.81. The number of nitrogens with one attached hydrogen (secondary N) is 2. The van der Waals surface area contributed by atoms with Crippen molar-refractivity contribution in [3.8, 4) is 0 Å². The van der Waals surface area contributed by atoms with Crippen LogP contribution in [-0.2, 0) is 9.47 Å². The lowest BCUT2D eigenvalue weighted by Gasteiger charge is -2.22. The quantitative estimate of drug-likeness (QED) is 0.831. The molecule has 1 aliphatic carbocycles. The van der Waals surface area contributed by atoms with Gasteiger partial charge >= 0.3 is 6.09 Å². The van der Waals surface area contributed by atoms with Crippen LogP contribution in [0.2, 0.25) is 0 Å². The van der Waals surface area contributed by atoms with Crippen LogP contribution in [0.5, 0.6) is 0 Å². The molecule has 20 heavy (non-hydrogen) atoms. The van der Waals surface area contributed by atoms with Crippen molar-refractivity contribution in [2.45, 2.75) is 76.7 Å². The summed E-state index contributed by atoms with van der Waals surface area (Å²) >= 11 is 0. The highest BCUT2D eigenvalue weighted by Crippen LogP contribution is 2.20. The Balaban J connectivity index is 1.63. The Morgan fingerprint density at radius 1 is 1.25 bits per heavy atom. The predicted octanol–water partition coefficient (Wildman–Crippen LogP) is 2.20. The number of amides is 1. The van der Waals surface area contributed by atoms with E-state index in [2.05, 4.69) is 10.6 Å². The summed E-state index contributed by atoms with van der Waals surface area (Å²) in [5.74, 6) is 0. The molecule has 2 aliphatic rings. The Bertz CT molecular complexity index is 322. The molecule has 1 heterocycles. The zero-order chi connectivity index (χ0) is 14.6. The van der Waals surface area contributed by atoms with Gasteiger partial charge in [-0.25, -0.2) is 4.79 Å². The maximum atomic E-state index is 11.7. The summed E-state index contributed by atoms with van der Waals surface area (Å²) in [5.41, 5.74) is -0.430. The topological polar surface area (TPSA) is 59.6 Å². The number of hydrogen-bond acceptors (Lipinski definition) is 4. The summed E-state index contributed by atoms with van der Waals surface area (Å²) < 4.78 is 10.9. The fourth-order valence-corrected chi connectivity index (χ4v) is 2.88. The molecule has 2 N–H and O–H groups in total. The lowest BCUT2D eigenvalue weighted by molar-refractivity contribution is 0.0504. The number of hydrogen-bond donors (Lipinski definition) is 2. The average Bonchev–Trinajstić information content (AvgIpc) is 2.94. The van der Waals surface area contributed by atoms with E-state index in [1.54, 1.807) is 0 Å². The molecular weight excluding hydrogens is 256 g/mol. The minimum atomic E-state index is -0.430. The Morgan fingerprint density at radius 2 is 2.00 bits per heavy atom. The van der Waals surface area contributed by atoms with E-state index in [4.69, 9.17) is 9.47 Å². The standard InChI is InChI=1S/C15H28N2O3/c1-15(2,3)20-14(18)17-12-7-6-11(9-12)16-10-13-5-4-8-19-13/h11-13,16H,4-10H2,1-3H3,(H,17,18). The van der Waals surface area contributed by atoms with Gasteiger partial charge in [0.2, 0.25) is 0 Å². The normalized spacial score (nSPS) is 30.4. The van der Waals surface area contributed by atoms with Gasteiger partial charge in [0.25, 0.3) is 0 Å². The molecule has 1 amide bonds. The summed E-state index contributed by atoms with van der Waals surface area (Å²) in [6.07, 6.45) is 5.52. The third kappa shape index (κ3) is 5.29. The predicted molar refractivity (Wildman–Crippen MR) is 77.8 cm³/mol. The fraction of sp³-hybridized carbons (Fsp3) is 0.933. The van der Waals surface area contributed by atoms with E-state index in [9.17, 15) is 4.79 Å². The highest BCUT2D eigenvalue weighted by molar-refractivity contribution is 5.68. The minimum Gasteiger partial charge on any atom is -0.444 e. The first kappa shape index (κ1) is 15.6. The zero-order valence-corrected chi connectivity index (χ0v) is 12.9. The van der Waals surface area contributed by atoms with Gasteiger partial charge in [0, 0.05) is 25.2 Å². The van der Waals surface area contributed by atoms with E-state index in [0.717, 1.165) is 32.4 Å². The molecule has 0 bridgehead atoms. The van der Waals surface area contributed by atoms with Crippen molar-refractivity contribution >= 4 is 6.09 Å². The van der Waals surface area contributed by atoms with Crippen LogP contribution >= 0.6 is 0 Å². The first-order valence-corrected chi connectivity index (χ1v) is 7.77. The molecular formula is C15H28N2O3. The molecule has 116 valence electrons. The highest BCUT2D eigenvalue weighted by atomic mass is 16.6. The van der Waals surface area contributed by atoms with E-state index in [-0.39, 0.29) is 12.1 Å². The first-order valence-electron chi connectivity index (χ1n) is 7.77. The second-order valence-corrected chi connectivity index (χ2v) is 6.90. The van der Waals surface area contributed by atoms with E-state index in [1.807, 2.05) is 20.8 Å². The third-order valence-corrected chi connectivity index (χ3v) is 3.81. The largest absolute Gasteiger partial charge is 0.444 e. The van der Waals surface area contributed by atoms with Crippen LogP contribution < -0.4 is 10.6 Å². The van der Waals surface area contributed by atoms with Crippen molar-refractivity contribution < 1.29 is 14.3 Å². The molecule has 0 aromatic heterocycles. The van der Waals surface area contributed by atoms with Gasteiger partial charge in [0.1, 0.15) is 5.60 Å². The molecule has 2 rings (SSSR count). The van der Waals surface area contributed by atoms with Gasteiger partial charge in [0.05, 0.1) is 6.10 Å². The number of carbonyl (C=O) groups is 1. The Kier molecular flexibility index (Phi) is 5.27. The first-order chi connectivity index (χ1) is 9.42. The number of ether oxygens (including phenoxy) is 2. The summed E-state index contributed by atoms with van der Waals surface area (Å²) in [4.78, 5) is 11.7. The molecule has 1 aliphatic heterocycles. The molecule has 0 aromatic carbocycles.